The number of hydrogen-bond acceptors (Lipinski definition) is 4. The zero-order valence-electron chi connectivity index (χ0n) is 12.6. The Balaban J connectivity index is 1.77. The van der Waals surface area contributed by atoms with E-state index in [0.717, 1.165) is 29.5 Å². The minimum atomic E-state index is -1.17. The third-order valence-electron chi connectivity index (χ3n) is 4.09. The van der Waals surface area contributed by atoms with Crippen molar-refractivity contribution in [3.05, 3.63) is 46.2 Å². The maximum absolute atomic E-state index is 10.8. The van der Waals surface area contributed by atoms with Crippen LogP contribution in [0, 0.1) is 0 Å². The molecule has 5 nitrogen and oxygen atoms in total. The first-order valence-corrected chi connectivity index (χ1v) is 8.35. The molecule has 0 spiro atoms. The van der Waals surface area contributed by atoms with Gasteiger partial charge in [-0.3, -0.25) is 0 Å². The second kappa shape index (κ2) is 6.48. The number of halogens is 1. The normalized spacial score (nSPS) is 21.5. The Morgan fingerprint density at radius 2 is 2.32 bits per heavy atom. The number of aromatic nitrogens is 3. The van der Waals surface area contributed by atoms with Gasteiger partial charge in [0.2, 0.25) is 0 Å². The maximum atomic E-state index is 10.8. The molecule has 6 heteroatoms. The molecular formula is C16H20BrN3O2. The van der Waals surface area contributed by atoms with E-state index < -0.39 is 5.60 Å². The van der Waals surface area contributed by atoms with Crippen LogP contribution < -0.4 is 0 Å². The highest BCUT2D eigenvalue weighted by Gasteiger charge is 2.29. The molecule has 0 radical (unpaired) electrons. The van der Waals surface area contributed by atoms with Crippen molar-refractivity contribution in [1.29, 1.82) is 0 Å². The van der Waals surface area contributed by atoms with Crippen molar-refractivity contribution in [3.8, 4) is 0 Å². The molecule has 1 N–H and O–H groups in total. The average molecular weight is 366 g/mol. The van der Waals surface area contributed by atoms with Crippen LogP contribution in [0.3, 0.4) is 0 Å². The summed E-state index contributed by atoms with van der Waals surface area (Å²) in [6.45, 7) is 3.24. The summed E-state index contributed by atoms with van der Waals surface area (Å²) in [5.41, 5.74) is 0.152. The number of nitrogens with zero attached hydrogens (tertiary/aromatic N) is 3. The van der Waals surface area contributed by atoms with Crippen molar-refractivity contribution in [2.24, 2.45) is 0 Å². The lowest BCUT2D eigenvalue weighted by Crippen LogP contribution is -2.25. The highest BCUT2D eigenvalue weighted by Crippen LogP contribution is 2.29. The second-order valence-electron chi connectivity index (χ2n) is 5.90. The molecule has 0 amide bonds. The van der Waals surface area contributed by atoms with Crippen molar-refractivity contribution in [2.75, 3.05) is 6.61 Å². The monoisotopic (exact) mass is 365 g/mol. The molecule has 1 aromatic heterocycles. The van der Waals surface area contributed by atoms with E-state index >= 15 is 0 Å². The van der Waals surface area contributed by atoms with E-state index in [-0.39, 0.29) is 6.10 Å². The minimum absolute atomic E-state index is 0.194. The lowest BCUT2D eigenvalue weighted by atomic mass is 9.93. The quantitative estimate of drug-likeness (QED) is 0.904. The predicted octanol–water partition coefficient (Wildman–Crippen LogP) is 2.87. The van der Waals surface area contributed by atoms with Gasteiger partial charge in [0.05, 0.1) is 18.8 Å². The van der Waals surface area contributed by atoms with Crippen molar-refractivity contribution < 1.29 is 9.84 Å². The van der Waals surface area contributed by atoms with E-state index in [1.165, 1.54) is 6.42 Å². The first-order valence-electron chi connectivity index (χ1n) is 7.56. The van der Waals surface area contributed by atoms with Crippen LogP contribution >= 0.6 is 15.9 Å². The molecule has 1 saturated heterocycles. The minimum Gasteiger partial charge on any atom is -0.379 e. The first-order chi connectivity index (χ1) is 10.6. The highest BCUT2D eigenvalue weighted by atomic mass is 79.9. The maximum Gasteiger partial charge on any atom is 0.132 e. The summed E-state index contributed by atoms with van der Waals surface area (Å²) in [5, 5.41) is 19.1. The van der Waals surface area contributed by atoms with Crippen LogP contribution in [-0.2, 0) is 16.9 Å². The lowest BCUT2D eigenvalue weighted by Gasteiger charge is -2.22. The van der Waals surface area contributed by atoms with Gasteiger partial charge in [-0.25, -0.2) is 4.68 Å². The van der Waals surface area contributed by atoms with Crippen molar-refractivity contribution in [3.63, 3.8) is 0 Å². The third kappa shape index (κ3) is 3.39. The molecular weight excluding hydrogens is 346 g/mol. The fourth-order valence-electron chi connectivity index (χ4n) is 2.71. The summed E-state index contributed by atoms with van der Waals surface area (Å²) in [4.78, 5) is 0. The van der Waals surface area contributed by atoms with Gasteiger partial charge in [-0.15, -0.1) is 5.10 Å². The molecule has 0 aliphatic carbocycles. The zero-order chi connectivity index (χ0) is 15.6. The van der Waals surface area contributed by atoms with Crippen molar-refractivity contribution in [2.45, 2.75) is 44.4 Å². The van der Waals surface area contributed by atoms with Crippen LogP contribution in [-0.4, -0.2) is 32.8 Å². The van der Waals surface area contributed by atoms with Crippen LogP contribution in [0.25, 0.3) is 0 Å². The van der Waals surface area contributed by atoms with E-state index in [1.54, 1.807) is 17.8 Å². The number of aliphatic hydroxyl groups is 1. The SMILES string of the molecule is CC(O)(c1cccc(Br)c1)c1cn(CC2CCCCO2)nn1. The summed E-state index contributed by atoms with van der Waals surface area (Å²) < 4.78 is 8.41. The van der Waals surface area contributed by atoms with Gasteiger partial charge in [0.25, 0.3) is 0 Å². The largest absolute Gasteiger partial charge is 0.379 e. The first kappa shape index (κ1) is 15.6. The topological polar surface area (TPSA) is 60.2 Å². The van der Waals surface area contributed by atoms with Crippen LogP contribution in [0.4, 0.5) is 0 Å². The Morgan fingerprint density at radius 3 is 3.05 bits per heavy atom. The van der Waals surface area contributed by atoms with E-state index in [9.17, 15) is 5.11 Å². The zero-order valence-corrected chi connectivity index (χ0v) is 14.2. The summed E-state index contributed by atoms with van der Waals surface area (Å²) >= 11 is 3.43. The van der Waals surface area contributed by atoms with Crippen LogP contribution in [0.2, 0.25) is 0 Å². The van der Waals surface area contributed by atoms with Gasteiger partial charge < -0.3 is 9.84 Å². The molecule has 0 bridgehead atoms. The van der Waals surface area contributed by atoms with Crippen molar-refractivity contribution >= 4 is 15.9 Å². The van der Waals surface area contributed by atoms with Crippen LogP contribution in [0.1, 0.15) is 37.4 Å². The fourth-order valence-corrected chi connectivity index (χ4v) is 3.11. The Morgan fingerprint density at radius 1 is 1.45 bits per heavy atom. The third-order valence-corrected chi connectivity index (χ3v) is 4.58. The molecule has 1 aliphatic heterocycles. The number of ether oxygens (including phenoxy) is 1. The molecule has 0 saturated carbocycles. The average Bonchev–Trinajstić information content (AvgIpc) is 2.97. The van der Waals surface area contributed by atoms with Gasteiger partial charge in [0.15, 0.2) is 0 Å². The molecule has 2 heterocycles. The summed E-state index contributed by atoms with van der Waals surface area (Å²) in [6, 6.07) is 7.60. The predicted molar refractivity (Wildman–Crippen MR) is 86.4 cm³/mol. The van der Waals surface area contributed by atoms with Crippen molar-refractivity contribution in [1.82, 2.24) is 15.0 Å². The van der Waals surface area contributed by atoms with Gasteiger partial charge in [-0.05, 0) is 43.9 Å². The summed E-state index contributed by atoms with van der Waals surface area (Å²) in [7, 11) is 0. The second-order valence-corrected chi connectivity index (χ2v) is 6.81. The molecule has 1 aromatic carbocycles. The summed E-state index contributed by atoms with van der Waals surface area (Å²) in [5.74, 6) is 0. The number of hydrogen-bond donors (Lipinski definition) is 1. The van der Waals surface area contributed by atoms with E-state index in [1.807, 2.05) is 24.3 Å². The number of benzene rings is 1. The summed E-state index contributed by atoms with van der Waals surface area (Å²) in [6.07, 6.45) is 5.38. The Kier molecular flexibility index (Phi) is 4.61. The Hall–Kier alpha value is -1.24. The highest BCUT2D eigenvalue weighted by molar-refractivity contribution is 9.10. The van der Waals surface area contributed by atoms with Crippen LogP contribution in [0.15, 0.2) is 34.9 Å². The molecule has 2 aromatic rings. The van der Waals surface area contributed by atoms with Gasteiger partial charge in [0, 0.05) is 11.1 Å². The lowest BCUT2D eigenvalue weighted by molar-refractivity contribution is 0.00366. The number of rotatable bonds is 4. The van der Waals surface area contributed by atoms with Gasteiger partial charge in [-0.1, -0.05) is 33.3 Å². The van der Waals surface area contributed by atoms with Crippen LogP contribution in [0.5, 0.6) is 0 Å². The standard InChI is InChI=1S/C16H20BrN3O2/c1-16(21,12-5-4-6-13(17)9-12)15-11-20(19-18-15)10-14-7-2-3-8-22-14/h4-6,9,11,14,21H,2-3,7-8,10H2,1H3. The molecule has 2 unspecified atom stereocenters. The molecule has 3 rings (SSSR count). The molecule has 1 fully saturated rings. The smallest absolute Gasteiger partial charge is 0.132 e. The molecule has 2 atom stereocenters. The molecule has 118 valence electrons. The van der Waals surface area contributed by atoms with E-state index in [4.69, 9.17) is 4.74 Å². The molecule has 22 heavy (non-hydrogen) atoms. The Labute approximate surface area is 138 Å². The fraction of sp³-hybridized carbons (Fsp3) is 0.500. The van der Waals surface area contributed by atoms with Gasteiger partial charge in [0.1, 0.15) is 11.3 Å². The molecule has 1 aliphatic rings. The van der Waals surface area contributed by atoms with Gasteiger partial charge >= 0.3 is 0 Å². The van der Waals surface area contributed by atoms with E-state index in [0.29, 0.717) is 12.2 Å². The van der Waals surface area contributed by atoms with E-state index in [2.05, 4.69) is 26.2 Å². The van der Waals surface area contributed by atoms with Gasteiger partial charge in [-0.2, -0.15) is 0 Å². The Bertz CT molecular complexity index is 636.